The van der Waals surface area contributed by atoms with E-state index in [9.17, 15) is 4.79 Å². The minimum Gasteiger partial charge on any atom is -0.481 e. The van der Waals surface area contributed by atoms with Crippen LogP contribution in [0.25, 0.3) is 0 Å². The number of anilines is 1. The van der Waals surface area contributed by atoms with Crippen LogP contribution in [0.1, 0.15) is 32.1 Å². The van der Waals surface area contributed by atoms with Gasteiger partial charge in [0.25, 0.3) is 0 Å². The lowest BCUT2D eigenvalue weighted by Gasteiger charge is -2.35. The summed E-state index contributed by atoms with van der Waals surface area (Å²) in [4.78, 5) is 24.6. The monoisotopic (exact) mass is 333 g/mol. The summed E-state index contributed by atoms with van der Waals surface area (Å²) in [6.07, 6.45) is 6.63. The molecule has 132 valence electrons. The lowest BCUT2D eigenvalue weighted by molar-refractivity contribution is -0.133. The molecule has 0 atom stereocenters. The Hall–Kier alpha value is -1.89. The number of carbonyl (C=O) groups excluding carboxylic acids is 1. The fourth-order valence-electron chi connectivity index (χ4n) is 3.40. The van der Waals surface area contributed by atoms with E-state index >= 15 is 0 Å². The molecule has 1 N–H and O–H groups in total. The Labute approximate surface area is 143 Å². The zero-order chi connectivity index (χ0) is 16.8. The first-order chi connectivity index (χ1) is 11.7. The third-order valence-corrected chi connectivity index (χ3v) is 4.90. The fraction of sp³-hybridized carbons (Fsp3) is 0.706. The number of likely N-dealkylation sites (tertiary alicyclic amines) is 2. The number of carbonyl (C=O) groups is 1. The van der Waals surface area contributed by atoms with E-state index in [4.69, 9.17) is 4.74 Å². The number of rotatable bonds is 6. The maximum atomic E-state index is 11.8. The van der Waals surface area contributed by atoms with Crippen molar-refractivity contribution in [1.29, 1.82) is 0 Å². The minimum absolute atomic E-state index is 0.329. The van der Waals surface area contributed by atoms with Gasteiger partial charge < -0.3 is 19.9 Å². The summed E-state index contributed by atoms with van der Waals surface area (Å²) in [5.74, 6) is 1.73. The quantitative estimate of drug-likeness (QED) is 0.848. The topological polar surface area (TPSA) is 70.6 Å². The number of aromatic nitrogens is 2. The van der Waals surface area contributed by atoms with Gasteiger partial charge in [0.05, 0.1) is 7.11 Å². The highest BCUT2D eigenvalue weighted by atomic mass is 16.5. The molecule has 3 heterocycles. The first-order valence-electron chi connectivity index (χ1n) is 8.87. The molecule has 0 bridgehead atoms. The molecule has 7 nitrogen and oxygen atoms in total. The fourth-order valence-corrected chi connectivity index (χ4v) is 3.40. The second-order valence-electron chi connectivity index (χ2n) is 6.54. The Morgan fingerprint density at radius 3 is 2.79 bits per heavy atom. The smallest absolute Gasteiger partial charge is 0.222 e. The maximum absolute atomic E-state index is 11.8. The molecule has 1 aromatic heterocycles. The van der Waals surface area contributed by atoms with Crippen molar-refractivity contribution >= 4 is 11.7 Å². The largest absolute Gasteiger partial charge is 0.481 e. The van der Waals surface area contributed by atoms with Gasteiger partial charge in [-0.25, -0.2) is 9.97 Å². The summed E-state index contributed by atoms with van der Waals surface area (Å²) in [7, 11) is 1.61. The van der Waals surface area contributed by atoms with E-state index in [0.29, 0.717) is 17.8 Å². The molecule has 0 aliphatic carbocycles. The molecule has 1 amide bonds. The summed E-state index contributed by atoms with van der Waals surface area (Å²) in [6, 6.07) is 2.26. The van der Waals surface area contributed by atoms with Crippen LogP contribution >= 0.6 is 0 Å². The molecule has 2 saturated heterocycles. The lowest BCUT2D eigenvalue weighted by atomic mass is 10.0. The van der Waals surface area contributed by atoms with Crippen molar-refractivity contribution < 1.29 is 9.53 Å². The van der Waals surface area contributed by atoms with Crippen LogP contribution in [0.4, 0.5) is 5.82 Å². The molecule has 0 unspecified atom stereocenters. The highest BCUT2D eigenvalue weighted by Gasteiger charge is 2.22. The van der Waals surface area contributed by atoms with Crippen LogP contribution in [0.5, 0.6) is 5.88 Å². The molecule has 0 spiro atoms. The van der Waals surface area contributed by atoms with Crippen LogP contribution < -0.4 is 10.1 Å². The van der Waals surface area contributed by atoms with Gasteiger partial charge in [-0.1, -0.05) is 0 Å². The number of nitrogens with one attached hydrogen (secondary N) is 1. The number of methoxy groups -OCH3 is 1. The number of nitrogens with zero attached hydrogens (tertiary/aromatic N) is 4. The third kappa shape index (κ3) is 4.56. The molecule has 3 rings (SSSR count). The summed E-state index contributed by atoms with van der Waals surface area (Å²) >= 11 is 0. The number of hydrogen-bond donors (Lipinski definition) is 1. The van der Waals surface area contributed by atoms with Gasteiger partial charge in [-0.05, 0) is 25.7 Å². The number of ether oxygens (including phenoxy) is 1. The van der Waals surface area contributed by atoms with E-state index in [1.165, 1.54) is 6.33 Å². The van der Waals surface area contributed by atoms with Crippen LogP contribution in [0.2, 0.25) is 0 Å². The Balaban J connectivity index is 1.40. The molecule has 2 aliphatic rings. The number of hydrogen-bond acceptors (Lipinski definition) is 6. The normalized spacial score (nSPS) is 20.2. The van der Waals surface area contributed by atoms with Gasteiger partial charge in [-0.2, -0.15) is 0 Å². The van der Waals surface area contributed by atoms with E-state index in [0.717, 1.165) is 70.6 Å². The molecule has 0 aromatic carbocycles. The van der Waals surface area contributed by atoms with Gasteiger partial charge in [0.15, 0.2) is 0 Å². The van der Waals surface area contributed by atoms with Crippen molar-refractivity contribution in [2.24, 2.45) is 0 Å². The Kier molecular flexibility index (Phi) is 5.85. The summed E-state index contributed by atoms with van der Waals surface area (Å²) in [5, 5.41) is 3.47. The van der Waals surface area contributed by atoms with Gasteiger partial charge in [0, 0.05) is 51.3 Å². The summed E-state index contributed by atoms with van der Waals surface area (Å²) < 4.78 is 5.13. The van der Waals surface area contributed by atoms with E-state index in [1.54, 1.807) is 7.11 Å². The first-order valence-corrected chi connectivity index (χ1v) is 8.87. The molecule has 2 fully saturated rings. The molecular formula is C17H27N5O2. The maximum Gasteiger partial charge on any atom is 0.222 e. The average Bonchev–Trinajstić information content (AvgIpc) is 2.62. The van der Waals surface area contributed by atoms with Crippen molar-refractivity contribution in [2.45, 2.75) is 38.1 Å². The molecule has 1 aromatic rings. The second-order valence-corrected chi connectivity index (χ2v) is 6.54. The molecule has 7 heteroatoms. The predicted octanol–water partition coefficient (Wildman–Crippen LogP) is 1.37. The van der Waals surface area contributed by atoms with Crippen molar-refractivity contribution in [3.63, 3.8) is 0 Å². The molecule has 0 saturated carbocycles. The van der Waals surface area contributed by atoms with Gasteiger partial charge in [0.2, 0.25) is 11.8 Å². The predicted molar refractivity (Wildman–Crippen MR) is 92.1 cm³/mol. The van der Waals surface area contributed by atoms with Gasteiger partial charge >= 0.3 is 0 Å². The SMILES string of the molecule is COc1cc(NC2CCN(CCN3CCCCC3=O)CC2)ncn1. The number of piperidine rings is 2. The molecule has 2 aliphatic heterocycles. The molecular weight excluding hydrogens is 306 g/mol. The third-order valence-electron chi connectivity index (χ3n) is 4.90. The van der Waals surface area contributed by atoms with Crippen molar-refractivity contribution in [3.8, 4) is 5.88 Å². The molecule has 0 radical (unpaired) electrons. The number of amides is 1. The lowest BCUT2D eigenvalue weighted by Crippen LogP contribution is -2.45. The van der Waals surface area contributed by atoms with Gasteiger partial charge in [0.1, 0.15) is 12.1 Å². The van der Waals surface area contributed by atoms with Gasteiger partial charge in [-0.3, -0.25) is 4.79 Å². The standard InChI is InChI=1S/C17H27N5O2/c1-24-16-12-15(18-13-19-16)20-14-5-8-21(9-6-14)10-11-22-7-3-2-4-17(22)23/h12-14H,2-11H2,1H3,(H,18,19,20). The van der Waals surface area contributed by atoms with E-state index in [-0.39, 0.29) is 0 Å². The van der Waals surface area contributed by atoms with Crippen molar-refractivity contribution in [1.82, 2.24) is 19.8 Å². The Morgan fingerprint density at radius 1 is 1.21 bits per heavy atom. The summed E-state index contributed by atoms with van der Waals surface area (Å²) in [6.45, 7) is 4.91. The minimum atomic E-state index is 0.329. The van der Waals surface area contributed by atoms with Crippen LogP contribution in [0, 0.1) is 0 Å². The zero-order valence-electron chi connectivity index (χ0n) is 14.4. The highest BCUT2D eigenvalue weighted by molar-refractivity contribution is 5.76. The summed E-state index contributed by atoms with van der Waals surface area (Å²) in [5.41, 5.74) is 0. The Bertz CT molecular complexity index is 546. The zero-order valence-corrected chi connectivity index (χ0v) is 14.4. The van der Waals surface area contributed by atoms with E-state index in [1.807, 2.05) is 11.0 Å². The van der Waals surface area contributed by atoms with Crippen LogP contribution in [-0.2, 0) is 4.79 Å². The second kappa shape index (κ2) is 8.28. The van der Waals surface area contributed by atoms with Crippen LogP contribution in [0.15, 0.2) is 12.4 Å². The highest BCUT2D eigenvalue weighted by Crippen LogP contribution is 2.17. The first kappa shape index (κ1) is 17.0. The molecule has 24 heavy (non-hydrogen) atoms. The van der Waals surface area contributed by atoms with Gasteiger partial charge in [-0.15, -0.1) is 0 Å². The van der Waals surface area contributed by atoms with E-state index in [2.05, 4.69) is 20.2 Å². The average molecular weight is 333 g/mol. The van der Waals surface area contributed by atoms with Crippen LogP contribution in [0.3, 0.4) is 0 Å². The van der Waals surface area contributed by atoms with Crippen LogP contribution in [-0.4, -0.2) is 71.6 Å². The van der Waals surface area contributed by atoms with E-state index < -0.39 is 0 Å². The Morgan fingerprint density at radius 2 is 2.04 bits per heavy atom. The van der Waals surface area contributed by atoms with Crippen molar-refractivity contribution in [2.75, 3.05) is 45.2 Å². The van der Waals surface area contributed by atoms with Crippen molar-refractivity contribution in [3.05, 3.63) is 12.4 Å².